The Hall–Kier alpha value is -1.48. The maximum atomic E-state index is 12.3. The minimum absolute atomic E-state index is 0.441. The van der Waals surface area contributed by atoms with Gasteiger partial charge in [0.05, 0.1) is 5.56 Å². The highest BCUT2D eigenvalue weighted by Gasteiger charge is 2.25. The number of aromatic nitrogens is 1. The number of sulfonamides is 1. The Kier molecular flexibility index (Phi) is 2.77. The highest BCUT2D eigenvalue weighted by atomic mass is 32.2. The molecule has 0 saturated carbocycles. The highest BCUT2D eigenvalue weighted by molar-refractivity contribution is 7.89. The van der Waals surface area contributed by atoms with Crippen molar-refractivity contribution in [2.45, 2.75) is 11.5 Å². The van der Waals surface area contributed by atoms with Crippen molar-refractivity contribution < 1.29 is 22.3 Å². The first kappa shape index (κ1) is 11.6. The van der Waals surface area contributed by atoms with Crippen LogP contribution in [0.25, 0.3) is 0 Å². The average molecular weight is 240 g/mol. The first-order valence-corrected chi connectivity index (χ1v) is 5.05. The van der Waals surface area contributed by atoms with E-state index in [4.69, 9.17) is 5.11 Å². The van der Waals surface area contributed by atoms with Crippen molar-refractivity contribution in [3.05, 3.63) is 22.0 Å². The van der Waals surface area contributed by atoms with Gasteiger partial charge in [-0.2, -0.15) is 0 Å². The zero-order valence-electron chi connectivity index (χ0n) is 7.07. The van der Waals surface area contributed by atoms with Crippen LogP contribution in [0.4, 0.5) is 8.78 Å². The first-order valence-electron chi connectivity index (χ1n) is 3.50. The van der Waals surface area contributed by atoms with Gasteiger partial charge in [0.2, 0.25) is 0 Å². The van der Waals surface area contributed by atoms with Crippen LogP contribution in [0.2, 0.25) is 0 Å². The van der Waals surface area contributed by atoms with Crippen molar-refractivity contribution in [1.29, 1.82) is 0 Å². The van der Waals surface area contributed by atoms with Crippen molar-refractivity contribution in [2.24, 2.45) is 5.14 Å². The second kappa shape index (κ2) is 3.59. The van der Waals surface area contributed by atoms with E-state index in [0.717, 1.165) is 0 Å². The zero-order chi connectivity index (χ0) is 11.8. The van der Waals surface area contributed by atoms with Crippen molar-refractivity contribution in [3.63, 3.8) is 0 Å². The Bertz CT molecular complexity index is 537. The predicted molar refractivity (Wildman–Crippen MR) is 45.1 cm³/mol. The molecule has 15 heavy (non-hydrogen) atoms. The summed E-state index contributed by atoms with van der Waals surface area (Å²) >= 11 is 0. The van der Waals surface area contributed by atoms with Crippen LogP contribution in [0, 0.1) is 0 Å². The Balaban J connectivity index is 3.70. The topological polar surface area (TPSA) is 113 Å². The molecule has 0 fully saturated rings. The third-order valence-corrected chi connectivity index (χ3v) is 2.42. The maximum Gasteiger partial charge on any atom is 0.270 e. The van der Waals surface area contributed by atoms with Gasteiger partial charge in [0.1, 0.15) is 5.75 Å². The van der Waals surface area contributed by atoms with Crippen LogP contribution in [-0.4, -0.2) is 18.5 Å². The number of halogens is 2. The molecule has 84 valence electrons. The minimum Gasteiger partial charge on any atom is -0.507 e. The summed E-state index contributed by atoms with van der Waals surface area (Å²) in [4.78, 5) is 12.4. The lowest BCUT2D eigenvalue weighted by atomic mass is 10.3. The van der Waals surface area contributed by atoms with Gasteiger partial charge < -0.3 is 10.1 Å². The van der Waals surface area contributed by atoms with Crippen LogP contribution in [0.1, 0.15) is 12.0 Å². The second-order valence-corrected chi connectivity index (χ2v) is 4.11. The molecule has 1 rings (SSSR count). The van der Waals surface area contributed by atoms with Crippen LogP contribution in [0.15, 0.2) is 15.9 Å². The highest BCUT2D eigenvalue weighted by Crippen LogP contribution is 2.30. The maximum absolute atomic E-state index is 12.3. The lowest BCUT2D eigenvalue weighted by molar-refractivity contribution is 0.142. The number of nitrogens with one attached hydrogen (secondary N) is 1. The summed E-state index contributed by atoms with van der Waals surface area (Å²) in [6.07, 6.45) is -3.27. The molecule has 0 amide bonds. The van der Waals surface area contributed by atoms with E-state index >= 15 is 0 Å². The number of nitrogens with two attached hydrogens (primary N) is 1. The molecule has 0 aliphatic heterocycles. The van der Waals surface area contributed by atoms with Gasteiger partial charge in [0.15, 0.2) is 5.03 Å². The summed E-state index contributed by atoms with van der Waals surface area (Å²) in [5, 5.41) is 12.4. The van der Waals surface area contributed by atoms with Gasteiger partial charge in [0, 0.05) is 6.07 Å². The van der Waals surface area contributed by atoms with Gasteiger partial charge >= 0.3 is 0 Å². The smallest absolute Gasteiger partial charge is 0.270 e. The van der Waals surface area contributed by atoms with Crippen molar-refractivity contribution >= 4 is 10.0 Å². The number of primary sulfonamides is 1. The van der Waals surface area contributed by atoms with Gasteiger partial charge in [-0.3, -0.25) is 4.79 Å². The van der Waals surface area contributed by atoms with Gasteiger partial charge in [-0.1, -0.05) is 0 Å². The summed E-state index contributed by atoms with van der Waals surface area (Å²) in [5.41, 5.74) is -2.25. The van der Waals surface area contributed by atoms with E-state index in [1.54, 1.807) is 4.98 Å². The normalized spacial score (nSPS) is 12.0. The van der Waals surface area contributed by atoms with E-state index in [-0.39, 0.29) is 0 Å². The molecule has 0 unspecified atom stereocenters. The van der Waals surface area contributed by atoms with E-state index in [1.807, 2.05) is 0 Å². The van der Waals surface area contributed by atoms with Gasteiger partial charge in [-0.05, 0) is 0 Å². The Morgan fingerprint density at radius 3 is 2.40 bits per heavy atom. The summed E-state index contributed by atoms with van der Waals surface area (Å²) in [7, 11) is -4.52. The molecule has 0 aromatic carbocycles. The number of rotatable bonds is 2. The molecule has 6 nitrogen and oxygen atoms in total. The fraction of sp³-hybridized carbons (Fsp3) is 0.167. The standard InChI is InChI=1S/C6H6F2N2O4S/c7-5(8)4-2(11)1-3(12)10-6(4)15(9,13)14/h1,5H,(H2,9,13,14)(H2,10,11,12). The van der Waals surface area contributed by atoms with Crippen LogP contribution in [0.5, 0.6) is 5.75 Å². The molecule has 0 atom stereocenters. The molecule has 0 spiro atoms. The fourth-order valence-corrected chi connectivity index (χ4v) is 1.71. The Labute approximate surface area is 82.4 Å². The molecule has 0 bridgehead atoms. The number of pyridine rings is 1. The van der Waals surface area contributed by atoms with Gasteiger partial charge in [0.25, 0.3) is 22.0 Å². The molecule has 0 aliphatic carbocycles. The van der Waals surface area contributed by atoms with Gasteiger partial charge in [-0.15, -0.1) is 0 Å². The van der Waals surface area contributed by atoms with E-state index in [2.05, 4.69) is 5.14 Å². The second-order valence-electron chi connectivity index (χ2n) is 2.61. The van der Waals surface area contributed by atoms with E-state index < -0.39 is 38.3 Å². The number of H-pyrrole nitrogens is 1. The molecule has 1 heterocycles. The molecule has 0 radical (unpaired) electrons. The average Bonchev–Trinajstić information content (AvgIpc) is 1.99. The summed E-state index contributed by atoms with van der Waals surface area (Å²) < 4.78 is 46.3. The molecule has 4 N–H and O–H groups in total. The van der Waals surface area contributed by atoms with Crippen LogP contribution < -0.4 is 10.7 Å². The molecular weight excluding hydrogens is 234 g/mol. The molecule has 1 aromatic heterocycles. The van der Waals surface area contributed by atoms with E-state index in [0.29, 0.717) is 6.07 Å². The molecule has 1 aromatic rings. The van der Waals surface area contributed by atoms with Crippen molar-refractivity contribution in [2.75, 3.05) is 0 Å². The minimum atomic E-state index is -4.52. The third-order valence-electron chi connectivity index (χ3n) is 1.53. The Morgan fingerprint density at radius 1 is 1.47 bits per heavy atom. The number of aromatic amines is 1. The predicted octanol–water partition coefficient (Wildman–Crippen LogP) is -0.334. The molecule has 0 aliphatic rings. The van der Waals surface area contributed by atoms with Crippen LogP contribution >= 0.6 is 0 Å². The van der Waals surface area contributed by atoms with Gasteiger partial charge in [-0.25, -0.2) is 22.3 Å². The summed E-state index contributed by atoms with van der Waals surface area (Å²) in [5.74, 6) is -1.11. The molecule has 0 saturated heterocycles. The lowest BCUT2D eigenvalue weighted by Gasteiger charge is -2.07. The number of alkyl halides is 2. The monoisotopic (exact) mass is 240 g/mol. The van der Waals surface area contributed by atoms with Crippen LogP contribution in [0.3, 0.4) is 0 Å². The molecular formula is C6H6F2N2O4S. The first-order chi connectivity index (χ1) is 6.73. The van der Waals surface area contributed by atoms with Crippen LogP contribution in [-0.2, 0) is 10.0 Å². The summed E-state index contributed by atoms with van der Waals surface area (Å²) in [6.45, 7) is 0. The summed E-state index contributed by atoms with van der Waals surface area (Å²) in [6, 6.07) is 0.441. The fourth-order valence-electron chi connectivity index (χ4n) is 0.969. The van der Waals surface area contributed by atoms with E-state index in [1.165, 1.54) is 0 Å². The van der Waals surface area contributed by atoms with E-state index in [9.17, 15) is 22.0 Å². The van der Waals surface area contributed by atoms with Crippen molar-refractivity contribution in [3.8, 4) is 5.75 Å². The molecule has 9 heteroatoms. The Morgan fingerprint density at radius 2 is 2.00 bits per heavy atom. The number of aromatic hydroxyl groups is 1. The largest absolute Gasteiger partial charge is 0.507 e. The van der Waals surface area contributed by atoms with Crippen molar-refractivity contribution in [1.82, 2.24) is 4.98 Å². The quantitative estimate of drug-likeness (QED) is 0.656. The SMILES string of the molecule is NS(=O)(=O)c1[nH]c(=O)cc(O)c1C(F)F. The number of hydrogen-bond donors (Lipinski definition) is 3. The number of hydrogen-bond acceptors (Lipinski definition) is 4. The third kappa shape index (κ3) is 2.30. The lowest BCUT2D eigenvalue weighted by Crippen LogP contribution is -2.21. The zero-order valence-corrected chi connectivity index (χ0v) is 7.88.